The maximum absolute atomic E-state index is 13.2. The molecular weight excluding hydrogens is 362 g/mol. The molecule has 150 valence electrons. The number of hydrogen-bond donors (Lipinski definition) is 1. The van der Waals surface area contributed by atoms with Crippen molar-refractivity contribution in [2.24, 2.45) is 0 Å². The van der Waals surface area contributed by atoms with Crippen molar-refractivity contribution in [1.29, 1.82) is 0 Å². The number of rotatable bonds is 2. The van der Waals surface area contributed by atoms with Crippen LogP contribution in [-0.4, -0.2) is 50.6 Å². The summed E-state index contributed by atoms with van der Waals surface area (Å²) >= 11 is 0. The Kier molecular flexibility index (Phi) is 4.39. The Morgan fingerprint density at radius 1 is 1.21 bits per heavy atom. The minimum Gasteiger partial charge on any atom is -0.335 e. The van der Waals surface area contributed by atoms with Gasteiger partial charge in [0.15, 0.2) is 5.65 Å². The number of aryl methyl sites for hydroxylation is 2. The first-order valence-electron chi connectivity index (χ1n) is 10.5. The van der Waals surface area contributed by atoms with Gasteiger partial charge in [0.05, 0.1) is 17.6 Å². The molecule has 1 N–H and O–H groups in total. The fourth-order valence-corrected chi connectivity index (χ4v) is 4.79. The zero-order valence-electron chi connectivity index (χ0n) is 17.3. The first kappa shape index (κ1) is 18.3. The van der Waals surface area contributed by atoms with Gasteiger partial charge in [-0.1, -0.05) is 6.07 Å². The molecule has 0 bridgehead atoms. The number of nitrogens with one attached hydrogen (secondary N) is 1. The van der Waals surface area contributed by atoms with Crippen LogP contribution in [0.2, 0.25) is 0 Å². The van der Waals surface area contributed by atoms with E-state index in [0.29, 0.717) is 12.1 Å². The molecule has 2 aliphatic heterocycles. The highest BCUT2D eigenvalue weighted by atomic mass is 16.2. The van der Waals surface area contributed by atoms with Crippen LogP contribution in [0.4, 0.5) is 0 Å². The standard InChI is InChI=1S/C23H27N5O/c1-14-10-21(26-28-13-16(3)25-22(14)28)18-4-5-20-17(12-18)7-9-27(23(20)29)19-6-8-24-15(2)11-19/h4-5,10,12-13,15,19,24H,6-9,11H2,1-3H3/t15-,19+/m0/s1. The number of hydrogen-bond acceptors (Lipinski definition) is 4. The molecule has 0 aliphatic carbocycles. The van der Waals surface area contributed by atoms with E-state index >= 15 is 0 Å². The lowest BCUT2D eigenvalue weighted by molar-refractivity contribution is 0.0605. The molecule has 1 fully saturated rings. The van der Waals surface area contributed by atoms with Crippen molar-refractivity contribution in [3.63, 3.8) is 0 Å². The van der Waals surface area contributed by atoms with Gasteiger partial charge in [0.1, 0.15) is 0 Å². The smallest absolute Gasteiger partial charge is 0.254 e. The highest BCUT2D eigenvalue weighted by molar-refractivity contribution is 5.97. The van der Waals surface area contributed by atoms with Crippen LogP contribution in [0, 0.1) is 13.8 Å². The lowest BCUT2D eigenvalue weighted by Crippen LogP contribution is -2.51. The Bertz CT molecular complexity index is 1100. The summed E-state index contributed by atoms with van der Waals surface area (Å²) in [5.74, 6) is 0.182. The SMILES string of the molecule is Cc1cn2nc(-c3ccc4c(c3)CCN([C@@H]3CCN[C@@H](C)C3)C4=O)cc(C)c2n1. The quantitative estimate of drug-likeness (QED) is 0.731. The van der Waals surface area contributed by atoms with Crippen molar-refractivity contribution in [3.8, 4) is 11.3 Å². The fraction of sp³-hybridized carbons (Fsp3) is 0.435. The Morgan fingerprint density at radius 3 is 2.90 bits per heavy atom. The van der Waals surface area contributed by atoms with Gasteiger partial charge in [-0.15, -0.1) is 0 Å². The Morgan fingerprint density at radius 2 is 2.07 bits per heavy atom. The van der Waals surface area contributed by atoms with Gasteiger partial charge in [0.2, 0.25) is 0 Å². The molecule has 6 nitrogen and oxygen atoms in total. The fourth-order valence-electron chi connectivity index (χ4n) is 4.79. The van der Waals surface area contributed by atoms with Crippen molar-refractivity contribution >= 4 is 11.6 Å². The van der Waals surface area contributed by atoms with E-state index in [-0.39, 0.29) is 5.91 Å². The Balaban J connectivity index is 1.46. The first-order valence-corrected chi connectivity index (χ1v) is 10.5. The zero-order valence-corrected chi connectivity index (χ0v) is 17.3. The van der Waals surface area contributed by atoms with E-state index in [1.165, 1.54) is 0 Å². The number of benzene rings is 1. The lowest BCUT2D eigenvalue weighted by atomic mass is 9.91. The number of piperidine rings is 1. The molecule has 1 saturated heterocycles. The van der Waals surface area contributed by atoms with E-state index in [4.69, 9.17) is 5.10 Å². The normalized spacial score (nSPS) is 22.2. The topological polar surface area (TPSA) is 62.5 Å². The van der Waals surface area contributed by atoms with Crippen molar-refractivity contribution < 1.29 is 4.79 Å². The molecule has 2 aromatic heterocycles. The van der Waals surface area contributed by atoms with Crippen LogP contribution in [0.25, 0.3) is 16.9 Å². The number of carbonyl (C=O) groups excluding carboxylic acids is 1. The van der Waals surface area contributed by atoms with Crippen LogP contribution >= 0.6 is 0 Å². The number of aromatic nitrogens is 3. The molecule has 1 amide bonds. The molecule has 0 saturated carbocycles. The first-order chi connectivity index (χ1) is 14.0. The average molecular weight is 390 g/mol. The summed E-state index contributed by atoms with van der Waals surface area (Å²) in [7, 11) is 0. The molecule has 1 aromatic carbocycles. The van der Waals surface area contributed by atoms with Gasteiger partial charge in [-0.3, -0.25) is 4.79 Å². The van der Waals surface area contributed by atoms with Crippen molar-refractivity contribution in [2.75, 3.05) is 13.1 Å². The van der Waals surface area contributed by atoms with E-state index in [1.54, 1.807) is 0 Å². The summed E-state index contributed by atoms with van der Waals surface area (Å²) in [6.45, 7) is 8.04. The van der Waals surface area contributed by atoms with Crippen molar-refractivity contribution in [2.45, 2.75) is 52.1 Å². The third-order valence-corrected chi connectivity index (χ3v) is 6.28. The molecule has 6 heteroatoms. The van der Waals surface area contributed by atoms with Gasteiger partial charge in [-0.05, 0) is 75.9 Å². The average Bonchev–Trinajstić information content (AvgIpc) is 3.09. The maximum atomic E-state index is 13.2. The third-order valence-electron chi connectivity index (χ3n) is 6.28. The van der Waals surface area contributed by atoms with Crippen LogP contribution in [0.15, 0.2) is 30.5 Å². The van der Waals surface area contributed by atoms with Crippen LogP contribution in [-0.2, 0) is 6.42 Å². The van der Waals surface area contributed by atoms with E-state index in [2.05, 4.69) is 41.2 Å². The molecule has 2 atom stereocenters. The molecule has 5 rings (SSSR count). The van der Waals surface area contributed by atoms with Crippen LogP contribution in [0.3, 0.4) is 0 Å². The largest absolute Gasteiger partial charge is 0.335 e. The summed E-state index contributed by atoms with van der Waals surface area (Å²) < 4.78 is 1.85. The molecule has 4 heterocycles. The number of imidazole rings is 1. The highest BCUT2D eigenvalue weighted by Gasteiger charge is 2.32. The van der Waals surface area contributed by atoms with Crippen LogP contribution < -0.4 is 5.32 Å². The highest BCUT2D eigenvalue weighted by Crippen LogP contribution is 2.29. The van der Waals surface area contributed by atoms with Crippen molar-refractivity contribution in [3.05, 3.63) is 52.8 Å². The van der Waals surface area contributed by atoms with E-state index < -0.39 is 0 Å². The minimum atomic E-state index is 0.182. The number of amides is 1. The van der Waals surface area contributed by atoms with Crippen LogP contribution in [0.5, 0.6) is 0 Å². The van der Waals surface area contributed by atoms with Gasteiger partial charge >= 0.3 is 0 Å². The molecule has 0 spiro atoms. The van der Waals surface area contributed by atoms with E-state index in [1.807, 2.05) is 29.8 Å². The van der Waals surface area contributed by atoms with Crippen molar-refractivity contribution in [1.82, 2.24) is 24.8 Å². The molecule has 2 aliphatic rings. The predicted molar refractivity (Wildman–Crippen MR) is 113 cm³/mol. The number of nitrogens with zero attached hydrogens (tertiary/aromatic N) is 4. The molecule has 0 radical (unpaired) electrons. The summed E-state index contributed by atoms with van der Waals surface area (Å²) in [5, 5.41) is 8.22. The van der Waals surface area contributed by atoms with Gasteiger partial charge in [0.25, 0.3) is 5.91 Å². The predicted octanol–water partition coefficient (Wildman–Crippen LogP) is 3.15. The number of fused-ring (bicyclic) bond motifs is 2. The third kappa shape index (κ3) is 3.21. The molecule has 29 heavy (non-hydrogen) atoms. The monoisotopic (exact) mass is 389 g/mol. The molecule has 3 aromatic rings. The Labute approximate surface area is 170 Å². The summed E-state index contributed by atoms with van der Waals surface area (Å²) in [5.41, 5.74) is 6.90. The van der Waals surface area contributed by atoms with Gasteiger partial charge < -0.3 is 10.2 Å². The second kappa shape index (κ2) is 6.95. The summed E-state index contributed by atoms with van der Waals surface area (Å²) in [6, 6.07) is 9.07. The lowest BCUT2D eigenvalue weighted by Gasteiger charge is -2.39. The van der Waals surface area contributed by atoms with E-state index in [9.17, 15) is 4.79 Å². The van der Waals surface area contributed by atoms with Gasteiger partial charge in [-0.2, -0.15) is 5.10 Å². The minimum absolute atomic E-state index is 0.182. The second-order valence-corrected chi connectivity index (χ2v) is 8.52. The van der Waals surface area contributed by atoms with Gasteiger partial charge in [-0.25, -0.2) is 9.50 Å². The number of carbonyl (C=O) groups is 1. The van der Waals surface area contributed by atoms with E-state index in [0.717, 1.165) is 71.6 Å². The zero-order chi connectivity index (χ0) is 20.1. The molecular formula is C23H27N5O. The summed E-state index contributed by atoms with van der Waals surface area (Å²) in [4.78, 5) is 19.8. The Hall–Kier alpha value is -2.73. The second-order valence-electron chi connectivity index (χ2n) is 8.52. The van der Waals surface area contributed by atoms with Gasteiger partial charge in [0, 0.05) is 29.8 Å². The summed E-state index contributed by atoms with van der Waals surface area (Å²) in [6.07, 6.45) is 4.92. The molecule has 0 unspecified atom stereocenters. The maximum Gasteiger partial charge on any atom is 0.254 e. The van der Waals surface area contributed by atoms with Crippen LogP contribution in [0.1, 0.15) is 46.9 Å².